The highest BCUT2D eigenvalue weighted by Crippen LogP contribution is 2.34. The fourth-order valence-electron chi connectivity index (χ4n) is 3.34. The van der Waals surface area contributed by atoms with Gasteiger partial charge in [-0.1, -0.05) is 42.1 Å². The summed E-state index contributed by atoms with van der Waals surface area (Å²) in [5.74, 6) is 0.845. The Morgan fingerprint density at radius 3 is 3.05 bits per heavy atom. The van der Waals surface area contributed by atoms with Gasteiger partial charge >= 0.3 is 0 Å². The summed E-state index contributed by atoms with van der Waals surface area (Å²) in [4.78, 5) is 4.42. The second-order valence-corrected chi connectivity index (χ2v) is 6.95. The van der Waals surface area contributed by atoms with Crippen molar-refractivity contribution in [1.82, 2.24) is 4.98 Å². The van der Waals surface area contributed by atoms with Gasteiger partial charge in [0.05, 0.1) is 23.1 Å². The standard InChI is InChI=1S/C17H22BrN3/c1-2-11-4-3-5-13(8-11)21-17-14-9-12(18)6-7-16(14)20-10-15(17)19/h6-7,9-11,13H,2-5,8,19H2,1H3,(H,20,21). The fraction of sp³-hybridized carbons (Fsp3) is 0.471. The van der Waals surface area contributed by atoms with Crippen molar-refractivity contribution in [3.63, 3.8) is 0 Å². The monoisotopic (exact) mass is 347 g/mol. The van der Waals surface area contributed by atoms with Crippen molar-refractivity contribution < 1.29 is 0 Å². The molecule has 1 saturated carbocycles. The second-order valence-electron chi connectivity index (χ2n) is 6.03. The van der Waals surface area contributed by atoms with Crippen LogP contribution in [-0.2, 0) is 0 Å². The maximum absolute atomic E-state index is 6.18. The molecule has 2 aromatic rings. The number of hydrogen-bond donors (Lipinski definition) is 2. The summed E-state index contributed by atoms with van der Waals surface area (Å²) in [5.41, 5.74) is 8.94. The van der Waals surface area contributed by atoms with Crippen molar-refractivity contribution in [2.75, 3.05) is 11.1 Å². The van der Waals surface area contributed by atoms with Crippen LogP contribution >= 0.6 is 15.9 Å². The molecule has 0 saturated heterocycles. The molecule has 0 amide bonds. The summed E-state index contributed by atoms with van der Waals surface area (Å²) >= 11 is 3.54. The Bertz CT molecular complexity index is 636. The first kappa shape index (κ1) is 14.6. The van der Waals surface area contributed by atoms with Crippen molar-refractivity contribution in [3.8, 4) is 0 Å². The van der Waals surface area contributed by atoms with Crippen molar-refractivity contribution in [2.45, 2.75) is 45.1 Å². The summed E-state index contributed by atoms with van der Waals surface area (Å²) in [6, 6.07) is 6.67. The van der Waals surface area contributed by atoms with E-state index in [0.29, 0.717) is 6.04 Å². The number of anilines is 2. The highest BCUT2D eigenvalue weighted by atomic mass is 79.9. The van der Waals surface area contributed by atoms with Gasteiger partial charge < -0.3 is 11.1 Å². The molecule has 1 aromatic heterocycles. The van der Waals surface area contributed by atoms with E-state index >= 15 is 0 Å². The highest BCUT2D eigenvalue weighted by Gasteiger charge is 2.21. The number of aromatic nitrogens is 1. The molecule has 1 heterocycles. The first-order valence-electron chi connectivity index (χ1n) is 7.77. The number of rotatable bonds is 3. The lowest BCUT2D eigenvalue weighted by Crippen LogP contribution is -2.27. The van der Waals surface area contributed by atoms with Gasteiger partial charge in [0.2, 0.25) is 0 Å². The molecule has 1 aliphatic rings. The summed E-state index contributed by atoms with van der Waals surface area (Å²) in [5, 5.41) is 4.80. The van der Waals surface area contributed by atoms with Crippen LogP contribution in [0, 0.1) is 5.92 Å². The van der Waals surface area contributed by atoms with E-state index < -0.39 is 0 Å². The maximum atomic E-state index is 6.18. The van der Waals surface area contributed by atoms with Crippen LogP contribution in [0.25, 0.3) is 10.9 Å². The van der Waals surface area contributed by atoms with Crippen molar-refractivity contribution in [2.24, 2.45) is 5.92 Å². The van der Waals surface area contributed by atoms with Gasteiger partial charge in [-0.15, -0.1) is 0 Å². The number of benzene rings is 1. The maximum Gasteiger partial charge on any atom is 0.0743 e. The van der Waals surface area contributed by atoms with Crippen LogP contribution in [0.4, 0.5) is 11.4 Å². The van der Waals surface area contributed by atoms with E-state index in [1.165, 1.54) is 32.1 Å². The normalized spacial score (nSPS) is 22.4. The number of nitrogen functional groups attached to an aromatic ring is 1. The highest BCUT2D eigenvalue weighted by molar-refractivity contribution is 9.10. The second kappa shape index (κ2) is 6.22. The molecule has 0 bridgehead atoms. The van der Waals surface area contributed by atoms with E-state index in [1.54, 1.807) is 6.20 Å². The van der Waals surface area contributed by atoms with E-state index in [2.05, 4.69) is 39.2 Å². The molecule has 1 fully saturated rings. The quantitative estimate of drug-likeness (QED) is 0.824. The number of halogens is 1. The van der Waals surface area contributed by atoms with Crippen LogP contribution in [-0.4, -0.2) is 11.0 Å². The van der Waals surface area contributed by atoms with Gasteiger partial charge in [0.1, 0.15) is 0 Å². The SMILES string of the molecule is CCC1CCCC(Nc2c(N)cnc3ccc(Br)cc23)C1. The third-order valence-electron chi connectivity index (χ3n) is 4.57. The molecule has 112 valence electrons. The molecule has 2 atom stereocenters. The van der Waals surface area contributed by atoms with E-state index in [0.717, 1.165) is 32.7 Å². The van der Waals surface area contributed by atoms with E-state index in [1.807, 2.05) is 12.1 Å². The third-order valence-corrected chi connectivity index (χ3v) is 5.06. The molecule has 2 unspecified atom stereocenters. The molecule has 0 spiro atoms. The van der Waals surface area contributed by atoms with E-state index in [-0.39, 0.29) is 0 Å². The van der Waals surface area contributed by atoms with Crippen molar-refractivity contribution >= 4 is 38.2 Å². The Hall–Kier alpha value is -1.29. The van der Waals surface area contributed by atoms with Crippen molar-refractivity contribution in [1.29, 1.82) is 0 Å². The van der Waals surface area contributed by atoms with Crippen LogP contribution in [0.2, 0.25) is 0 Å². The summed E-state index contributed by atoms with van der Waals surface area (Å²) in [6.07, 6.45) is 8.19. The van der Waals surface area contributed by atoms with Gasteiger partial charge in [0, 0.05) is 15.9 Å². The smallest absolute Gasteiger partial charge is 0.0743 e. The lowest BCUT2D eigenvalue weighted by atomic mass is 9.84. The third kappa shape index (κ3) is 3.15. The van der Waals surface area contributed by atoms with Gasteiger partial charge in [-0.25, -0.2) is 0 Å². The lowest BCUT2D eigenvalue weighted by molar-refractivity contribution is 0.327. The Labute approximate surface area is 134 Å². The topological polar surface area (TPSA) is 50.9 Å². The molecule has 3 rings (SSSR count). The Morgan fingerprint density at radius 1 is 1.38 bits per heavy atom. The summed E-state index contributed by atoms with van der Waals surface area (Å²) < 4.78 is 1.06. The molecular formula is C17H22BrN3. The molecule has 1 aliphatic carbocycles. The summed E-state index contributed by atoms with van der Waals surface area (Å²) in [7, 11) is 0. The zero-order valence-electron chi connectivity index (χ0n) is 12.4. The van der Waals surface area contributed by atoms with E-state index in [9.17, 15) is 0 Å². The average Bonchev–Trinajstić information content (AvgIpc) is 2.50. The molecule has 0 aliphatic heterocycles. The van der Waals surface area contributed by atoms with Gasteiger partial charge in [0.25, 0.3) is 0 Å². The van der Waals surface area contributed by atoms with Gasteiger partial charge in [-0.3, -0.25) is 4.98 Å². The number of nitrogens with zero attached hydrogens (tertiary/aromatic N) is 1. The Kier molecular flexibility index (Phi) is 4.34. The molecular weight excluding hydrogens is 326 g/mol. The van der Waals surface area contributed by atoms with Gasteiger partial charge in [0.15, 0.2) is 0 Å². The number of nitrogens with two attached hydrogens (primary N) is 1. The van der Waals surface area contributed by atoms with Crippen LogP contribution in [0.15, 0.2) is 28.9 Å². The minimum Gasteiger partial charge on any atom is -0.396 e. The minimum atomic E-state index is 0.524. The minimum absolute atomic E-state index is 0.524. The number of hydrogen-bond acceptors (Lipinski definition) is 3. The van der Waals surface area contributed by atoms with Crippen LogP contribution in [0.3, 0.4) is 0 Å². The molecule has 3 nitrogen and oxygen atoms in total. The fourth-order valence-corrected chi connectivity index (χ4v) is 3.70. The Morgan fingerprint density at radius 2 is 2.24 bits per heavy atom. The molecule has 1 aromatic carbocycles. The van der Waals surface area contributed by atoms with Crippen molar-refractivity contribution in [3.05, 3.63) is 28.9 Å². The zero-order chi connectivity index (χ0) is 14.8. The van der Waals surface area contributed by atoms with Crippen LogP contribution in [0.1, 0.15) is 39.0 Å². The average molecular weight is 348 g/mol. The Balaban J connectivity index is 1.92. The van der Waals surface area contributed by atoms with E-state index in [4.69, 9.17) is 5.73 Å². The predicted molar refractivity (Wildman–Crippen MR) is 93.5 cm³/mol. The molecule has 21 heavy (non-hydrogen) atoms. The van der Waals surface area contributed by atoms with Gasteiger partial charge in [-0.2, -0.15) is 0 Å². The predicted octanol–water partition coefficient (Wildman–Crippen LogP) is 4.96. The number of fused-ring (bicyclic) bond motifs is 1. The first-order chi connectivity index (χ1) is 10.2. The molecule has 0 radical (unpaired) electrons. The lowest BCUT2D eigenvalue weighted by Gasteiger charge is -2.30. The summed E-state index contributed by atoms with van der Waals surface area (Å²) in [6.45, 7) is 2.29. The first-order valence-corrected chi connectivity index (χ1v) is 8.57. The van der Waals surface area contributed by atoms with Crippen LogP contribution in [0.5, 0.6) is 0 Å². The van der Waals surface area contributed by atoms with Crippen LogP contribution < -0.4 is 11.1 Å². The molecule has 4 heteroatoms. The zero-order valence-corrected chi connectivity index (χ0v) is 14.0. The largest absolute Gasteiger partial charge is 0.396 e. The van der Waals surface area contributed by atoms with Gasteiger partial charge in [-0.05, 0) is 37.0 Å². The number of nitrogens with one attached hydrogen (secondary N) is 1. The molecule has 3 N–H and O–H groups in total. The number of pyridine rings is 1.